The van der Waals surface area contributed by atoms with Gasteiger partial charge in [0, 0.05) is 29.4 Å². The molecule has 28 heavy (non-hydrogen) atoms. The summed E-state index contributed by atoms with van der Waals surface area (Å²) < 4.78 is 0. The number of nitrogens with zero attached hydrogens (tertiary/aromatic N) is 3. The Balaban J connectivity index is 1.59. The zero-order valence-electron chi connectivity index (χ0n) is 15.4. The Kier molecular flexibility index (Phi) is 5.03. The van der Waals surface area contributed by atoms with Crippen molar-refractivity contribution in [3.8, 4) is 0 Å². The van der Waals surface area contributed by atoms with E-state index in [0.29, 0.717) is 17.7 Å². The molecule has 0 unspecified atom stereocenters. The quantitative estimate of drug-likeness (QED) is 0.537. The molecule has 8 heteroatoms. The molecule has 2 aromatic heterocycles. The van der Waals surface area contributed by atoms with E-state index in [0.717, 1.165) is 42.3 Å². The Labute approximate surface area is 162 Å². The molecule has 0 radical (unpaired) electrons. The molecule has 0 saturated heterocycles. The lowest BCUT2D eigenvalue weighted by Crippen LogP contribution is -2.33. The van der Waals surface area contributed by atoms with E-state index >= 15 is 0 Å². The zero-order valence-corrected chi connectivity index (χ0v) is 15.4. The van der Waals surface area contributed by atoms with Gasteiger partial charge in [-0.1, -0.05) is 6.07 Å². The predicted molar refractivity (Wildman–Crippen MR) is 109 cm³/mol. The molecule has 1 aromatic carbocycles. The van der Waals surface area contributed by atoms with Gasteiger partial charge in [-0.25, -0.2) is 9.97 Å². The minimum absolute atomic E-state index is 0.0995. The van der Waals surface area contributed by atoms with Crippen LogP contribution in [0.5, 0.6) is 0 Å². The molecule has 4 rings (SSSR count). The number of amides is 1. The molecular formula is C20H23N7O. The smallest absolute Gasteiger partial charge is 0.271 e. The molecule has 1 aliphatic rings. The number of fused-ring (bicyclic) bond motifs is 1. The fourth-order valence-corrected chi connectivity index (χ4v) is 3.49. The number of nitrogens with two attached hydrogens (primary N) is 2. The van der Waals surface area contributed by atoms with E-state index in [-0.39, 0.29) is 11.7 Å². The second-order valence-electron chi connectivity index (χ2n) is 7.11. The number of nitrogens with one attached hydrogen (secondary N) is 2. The van der Waals surface area contributed by atoms with Gasteiger partial charge in [0.05, 0.1) is 11.7 Å². The zero-order chi connectivity index (χ0) is 19.5. The topological polar surface area (TPSA) is 132 Å². The normalized spacial score (nSPS) is 19.3. The number of carbonyl (C=O) groups excluding carboxylic acids is 1. The highest BCUT2D eigenvalue weighted by Gasteiger charge is 2.20. The largest absolute Gasteiger partial charge is 0.366 e. The van der Waals surface area contributed by atoms with Gasteiger partial charge in [-0.3, -0.25) is 9.78 Å². The number of primary amides is 1. The van der Waals surface area contributed by atoms with Gasteiger partial charge >= 0.3 is 0 Å². The van der Waals surface area contributed by atoms with Gasteiger partial charge in [0.15, 0.2) is 11.5 Å². The Hall–Kier alpha value is -3.26. The Morgan fingerprint density at radius 1 is 1.11 bits per heavy atom. The molecule has 2 heterocycles. The van der Waals surface area contributed by atoms with Gasteiger partial charge in [0.1, 0.15) is 5.82 Å². The van der Waals surface area contributed by atoms with Crippen molar-refractivity contribution in [1.29, 1.82) is 0 Å². The number of aromatic nitrogens is 3. The summed E-state index contributed by atoms with van der Waals surface area (Å²) in [5.74, 6) is 0.302. The summed E-state index contributed by atoms with van der Waals surface area (Å²) in [7, 11) is 0. The minimum Gasteiger partial charge on any atom is -0.366 e. The Bertz CT molecular complexity index is 999. The van der Waals surface area contributed by atoms with Crippen molar-refractivity contribution in [2.75, 3.05) is 10.6 Å². The number of carbonyl (C=O) groups is 1. The van der Waals surface area contributed by atoms with Crippen LogP contribution in [0.1, 0.15) is 36.2 Å². The number of hydrogen-bond donors (Lipinski definition) is 4. The Morgan fingerprint density at radius 3 is 2.71 bits per heavy atom. The van der Waals surface area contributed by atoms with Crippen molar-refractivity contribution in [2.24, 2.45) is 11.5 Å². The molecule has 1 fully saturated rings. The van der Waals surface area contributed by atoms with E-state index in [9.17, 15) is 4.79 Å². The molecular weight excluding hydrogens is 354 g/mol. The van der Waals surface area contributed by atoms with Crippen molar-refractivity contribution >= 4 is 34.1 Å². The molecule has 1 aliphatic carbocycles. The van der Waals surface area contributed by atoms with E-state index in [4.69, 9.17) is 11.5 Å². The van der Waals surface area contributed by atoms with Gasteiger partial charge in [-0.05, 0) is 49.9 Å². The molecule has 0 bridgehead atoms. The van der Waals surface area contributed by atoms with Crippen molar-refractivity contribution in [1.82, 2.24) is 15.0 Å². The van der Waals surface area contributed by atoms with E-state index in [1.54, 1.807) is 12.4 Å². The highest BCUT2D eigenvalue weighted by atomic mass is 16.1. The maximum atomic E-state index is 11.8. The summed E-state index contributed by atoms with van der Waals surface area (Å²) >= 11 is 0. The first kappa shape index (κ1) is 18.1. The van der Waals surface area contributed by atoms with Crippen molar-refractivity contribution in [2.45, 2.75) is 37.8 Å². The van der Waals surface area contributed by atoms with E-state index in [1.165, 1.54) is 0 Å². The second-order valence-corrected chi connectivity index (χ2v) is 7.11. The third-order valence-electron chi connectivity index (χ3n) is 5.00. The second kappa shape index (κ2) is 7.77. The number of rotatable bonds is 5. The Morgan fingerprint density at radius 2 is 1.93 bits per heavy atom. The highest BCUT2D eigenvalue weighted by Crippen LogP contribution is 2.24. The van der Waals surface area contributed by atoms with E-state index < -0.39 is 5.91 Å². The van der Waals surface area contributed by atoms with Crippen LogP contribution in [0.3, 0.4) is 0 Å². The van der Waals surface area contributed by atoms with Crippen LogP contribution in [-0.4, -0.2) is 32.9 Å². The number of pyridine rings is 1. The fraction of sp³-hybridized carbons (Fsp3) is 0.300. The van der Waals surface area contributed by atoms with Crippen LogP contribution in [-0.2, 0) is 0 Å². The molecule has 3 aromatic rings. The van der Waals surface area contributed by atoms with Crippen LogP contribution in [0, 0.1) is 0 Å². The first-order valence-corrected chi connectivity index (χ1v) is 9.39. The van der Waals surface area contributed by atoms with Gasteiger partial charge in [0.2, 0.25) is 0 Å². The maximum absolute atomic E-state index is 11.8. The average molecular weight is 377 g/mol. The van der Waals surface area contributed by atoms with Gasteiger partial charge < -0.3 is 22.1 Å². The summed E-state index contributed by atoms with van der Waals surface area (Å²) in [6.07, 6.45) is 7.24. The monoisotopic (exact) mass is 377 g/mol. The number of hydrogen-bond acceptors (Lipinski definition) is 7. The maximum Gasteiger partial charge on any atom is 0.271 e. The molecule has 8 nitrogen and oxygen atoms in total. The summed E-state index contributed by atoms with van der Waals surface area (Å²) in [5, 5.41) is 7.54. The first-order valence-electron chi connectivity index (χ1n) is 9.39. The SMILES string of the molecule is NC(=O)c1ncc(NC2CCC(N)CC2)nc1Nc1ccc2ncccc2c1. The van der Waals surface area contributed by atoms with Crippen LogP contribution in [0.2, 0.25) is 0 Å². The highest BCUT2D eigenvalue weighted by molar-refractivity contribution is 5.96. The number of anilines is 3. The van der Waals surface area contributed by atoms with Crippen LogP contribution < -0.4 is 22.1 Å². The number of benzene rings is 1. The van der Waals surface area contributed by atoms with Gasteiger partial charge in [-0.2, -0.15) is 0 Å². The third kappa shape index (κ3) is 4.01. The van der Waals surface area contributed by atoms with Crippen LogP contribution >= 0.6 is 0 Å². The van der Waals surface area contributed by atoms with Gasteiger partial charge in [0.25, 0.3) is 5.91 Å². The lowest BCUT2D eigenvalue weighted by atomic mass is 9.92. The average Bonchev–Trinajstić information content (AvgIpc) is 2.70. The molecule has 6 N–H and O–H groups in total. The van der Waals surface area contributed by atoms with Crippen molar-refractivity contribution in [3.05, 3.63) is 48.4 Å². The summed E-state index contributed by atoms with van der Waals surface area (Å²) in [5.41, 5.74) is 13.2. The van der Waals surface area contributed by atoms with Crippen molar-refractivity contribution in [3.63, 3.8) is 0 Å². The molecule has 1 saturated carbocycles. The molecule has 144 valence electrons. The lowest BCUT2D eigenvalue weighted by Gasteiger charge is -2.27. The van der Waals surface area contributed by atoms with Crippen LogP contribution in [0.4, 0.5) is 17.3 Å². The standard InChI is InChI=1S/C20H23N7O/c21-13-3-5-14(6-4-13)25-17-11-24-18(19(22)28)20(27-17)26-15-7-8-16-12(10-15)2-1-9-23-16/h1-2,7-11,13-14H,3-6,21H2,(H2,22,28)(H2,25,26,27). The summed E-state index contributed by atoms with van der Waals surface area (Å²) in [4.78, 5) is 24.9. The summed E-state index contributed by atoms with van der Waals surface area (Å²) in [6, 6.07) is 10.2. The summed E-state index contributed by atoms with van der Waals surface area (Å²) in [6.45, 7) is 0. The minimum atomic E-state index is -0.632. The van der Waals surface area contributed by atoms with Crippen LogP contribution in [0.25, 0.3) is 10.9 Å². The van der Waals surface area contributed by atoms with Crippen molar-refractivity contribution < 1.29 is 4.79 Å². The lowest BCUT2D eigenvalue weighted by molar-refractivity contribution is 0.0996. The van der Waals surface area contributed by atoms with E-state index in [2.05, 4.69) is 25.6 Å². The molecule has 1 amide bonds. The molecule has 0 spiro atoms. The third-order valence-corrected chi connectivity index (χ3v) is 5.00. The predicted octanol–water partition coefficient (Wildman–Crippen LogP) is 2.55. The molecule has 0 atom stereocenters. The fourth-order valence-electron chi connectivity index (χ4n) is 3.49. The van der Waals surface area contributed by atoms with Crippen LogP contribution in [0.15, 0.2) is 42.7 Å². The molecule has 0 aliphatic heterocycles. The first-order chi connectivity index (χ1) is 13.6. The van der Waals surface area contributed by atoms with E-state index in [1.807, 2.05) is 30.3 Å². The van der Waals surface area contributed by atoms with Gasteiger partial charge in [-0.15, -0.1) is 0 Å².